The Morgan fingerprint density at radius 1 is 1.40 bits per heavy atom. The molecule has 2 rings (SSSR count). The monoisotopic (exact) mass is 269 g/mol. The smallest absolute Gasteiger partial charge is 0.216 e. The Morgan fingerprint density at radius 3 is 2.70 bits per heavy atom. The van der Waals surface area contributed by atoms with Crippen molar-refractivity contribution in [2.75, 3.05) is 13.7 Å². The zero-order chi connectivity index (χ0) is 14.8. The molecule has 0 saturated carbocycles. The second-order valence-electron chi connectivity index (χ2n) is 5.07. The van der Waals surface area contributed by atoms with Gasteiger partial charge in [-0.3, -0.25) is 0 Å². The molecule has 1 heterocycles. The molecule has 1 aromatic heterocycles. The normalized spacial score (nSPS) is 13.8. The summed E-state index contributed by atoms with van der Waals surface area (Å²) in [4.78, 5) is 4.53. The maximum absolute atomic E-state index is 9.32. The topological polar surface area (TPSA) is 71.9 Å². The number of fused-ring (bicyclic) bond motifs is 1. The molecule has 0 aliphatic carbocycles. The first-order valence-corrected chi connectivity index (χ1v) is 6.67. The molecule has 104 valence electrons. The summed E-state index contributed by atoms with van der Waals surface area (Å²) < 4.78 is 5.32. The van der Waals surface area contributed by atoms with E-state index in [0.29, 0.717) is 5.88 Å². The number of nitrogens with zero attached hydrogens (tertiary/aromatic N) is 2. The van der Waals surface area contributed by atoms with E-state index in [1.165, 1.54) is 0 Å². The lowest BCUT2D eigenvalue weighted by atomic mass is 9.83. The van der Waals surface area contributed by atoms with Crippen molar-refractivity contribution in [1.82, 2.24) is 4.98 Å². The second kappa shape index (κ2) is 5.48. The van der Waals surface area contributed by atoms with Crippen molar-refractivity contribution in [3.8, 4) is 11.9 Å². The molecule has 1 atom stereocenters. The molecule has 0 spiro atoms. The molecule has 4 heteroatoms. The van der Waals surface area contributed by atoms with E-state index in [2.05, 4.69) is 24.0 Å². The molecule has 1 unspecified atom stereocenters. The van der Waals surface area contributed by atoms with Crippen molar-refractivity contribution in [3.05, 3.63) is 35.4 Å². The number of hydrogen-bond donors (Lipinski definition) is 1. The number of aryl methyl sites for hydroxylation is 1. The summed E-state index contributed by atoms with van der Waals surface area (Å²) in [5, 5.41) is 10.4. The molecule has 0 amide bonds. The van der Waals surface area contributed by atoms with Crippen molar-refractivity contribution in [3.63, 3.8) is 0 Å². The maximum atomic E-state index is 9.32. The number of pyridine rings is 1. The number of ether oxygens (including phenoxy) is 1. The first kappa shape index (κ1) is 14.3. The molecule has 0 saturated heterocycles. The SMILES string of the molecule is CCc1cc2ccc(C(C)(C#N)CN)cc2nc1OC. The summed E-state index contributed by atoms with van der Waals surface area (Å²) in [7, 11) is 1.62. The number of rotatable bonds is 4. The number of nitrogens with two attached hydrogens (primary N) is 1. The van der Waals surface area contributed by atoms with E-state index in [-0.39, 0.29) is 6.54 Å². The third-order valence-corrected chi connectivity index (χ3v) is 3.72. The van der Waals surface area contributed by atoms with Gasteiger partial charge in [-0.25, -0.2) is 4.98 Å². The van der Waals surface area contributed by atoms with Gasteiger partial charge >= 0.3 is 0 Å². The number of aromatic nitrogens is 1. The van der Waals surface area contributed by atoms with Crippen molar-refractivity contribution in [1.29, 1.82) is 5.26 Å². The van der Waals surface area contributed by atoms with Crippen LogP contribution in [-0.4, -0.2) is 18.6 Å². The van der Waals surface area contributed by atoms with Crippen molar-refractivity contribution in [2.24, 2.45) is 5.73 Å². The first-order chi connectivity index (χ1) is 9.57. The third kappa shape index (κ3) is 2.33. The summed E-state index contributed by atoms with van der Waals surface area (Å²) in [6.07, 6.45) is 0.868. The molecule has 0 fully saturated rings. The average Bonchev–Trinajstić information content (AvgIpc) is 2.51. The van der Waals surface area contributed by atoms with Gasteiger partial charge in [-0.15, -0.1) is 0 Å². The first-order valence-electron chi connectivity index (χ1n) is 6.67. The minimum Gasteiger partial charge on any atom is -0.481 e. The van der Waals surface area contributed by atoms with Gasteiger partial charge in [-0.1, -0.05) is 19.1 Å². The van der Waals surface area contributed by atoms with Gasteiger partial charge in [0.25, 0.3) is 0 Å². The largest absolute Gasteiger partial charge is 0.481 e. The second-order valence-corrected chi connectivity index (χ2v) is 5.07. The van der Waals surface area contributed by atoms with E-state index in [1.54, 1.807) is 7.11 Å². The van der Waals surface area contributed by atoms with Crippen LogP contribution in [-0.2, 0) is 11.8 Å². The third-order valence-electron chi connectivity index (χ3n) is 3.72. The molecule has 2 N–H and O–H groups in total. The van der Waals surface area contributed by atoms with E-state index in [4.69, 9.17) is 10.5 Å². The Kier molecular flexibility index (Phi) is 3.91. The Labute approximate surface area is 119 Å². The minimum absolute atomic E-state index is 0.277. The van der Waals surface area contributed by atoms with Crippen LogP contribution >= 0.6 is 0 Å². The number of benzene rings is 1. The van der Waals surface area contributed by atoms with Crippen LogP contribution in [0.3, 0.4) is 0 Å². The summed E-state index contributed by atoms with van der Waals surface area (Å²) in [6, 6.07) is 10.2. The Hall–Kier alpha value is -2.12. The van der Waals surface area contributed by atoms with E-state index >= 15 is 0 Å². The predicted molar refractivity (Wildman–Crippen MR) is 79.7 cm³/mol. The van der Waals surface area contributed by atoms with Crippen molar-refractivity contribution < 1.29 is 4.74 Å². The lowest BCUT2D eigenvalue weighted by molar-refractivity contribution is 0.395. The summed E-state index contributed by atoms with van der Waals surface area (Å²) in [5.74, 6) is 0.642. The Morgan fingerprint density at radius 2 is 2.15 bits per heavy atom. The highest BCUT2D eigenvalue weighted by molar-refractivity contribution is 5.81. The zero-order valence-corrected chi connectivity index (χ0v) is 12.1. The van der Waals surface area contributed by atoms with Gasteiger partial charge < -0.3 is 10.5 Å². The lowest BCUT2D eigenvalue weighted by Gasteiger charge is -2.20. The van der Waals surface area contributed by atoms with Crippen LogP contribution in [0.25, 0.3) is 10.9 Å². The highest BCUT2D eigenvalue weighted by Gasteiger charge is 2.25. The van der Waals surface area contributed by atoms with Crippen LogP contribution in [0.4, 0.5) is 0 Å². The maximum Gasteiger partial charge on any atom is 0.216 e. The summed E-state index contributed by atoms with van der Waals surface area (Å²) >= 11 is 0. The zero-order valence-electron chi connectivity index (χ0n) is 12.1. The average molecular weight is 269 g/mol. The Balaban J connectivity index is 2.63. The van der Waals surface area contributed by atoms with E-state index in [0.717, 1.165) is 28.5 Å². The number of hydrogen-bond acceptors (Lipinski definition) is 4. The van der Waals surface area contributed by atoms with Gasteiger partial charge in [0.05, 0.1) is 24.1 Å². The minimum atomic E-state index is -0.688. The molecule has 0 aliphatic heterocycles. The fourth-order valence-electron chi connectivity index (χ4n) is 2.19. The van der Waals surface area contributed by atoms with Crippen molar-refractivity contribution >= 4 is 10.9 Å². The van der Waals surface area contributed by atoms with Crippen LogP contribution in [0.1, 0.15) is 25.0 Å². The predicted octanol–water partition coefficient (Wildman–Crippen LogP) is 2.55. The molecule has 20 heavy (non-hydrogen) atoms. The van der Waals surface area contributed by atoms with E-state index < -0.39 is 5.41 Å². The molecular weight excluding hydrogens is 250 g/mol. The molecule has 0 radical (unpaired) electrons. The lowest BCUT2D eigenvalue weighted by Crippen LogP contribution is -2.29. The number of nitriles is 1. The van der Waals surface area contributed by atoms with Crippen LogP contribution in [0.15, 0.2) is 24.3 Å². The molecular formula is C16H19N3O. The van der Waals surface area contributed by atoms with Gasteiger partial charge in [0, 0.05) is 17.5 Å². The van der Waals surface area contributed by atoms with E-state index in [1.807, 2.05) is 25.1 Å². The fraction of sp³-hybridized carbons (Fsp3) is 0.375. The van der Waals surface area contributed by atoms with Gasteiger partial charge in [0.1, 0.15) is 0 Å². The molecule has 1 aromatic carbocycles. The van der Waals surface area contributed by atoms with Gasteiger partial charge in [-0.05, 0) is 31.0 Å². The summed E-state index contributed by atoms with van der Waals surface area (Å²) in [5.41, 5.74) is 7.83. The highest BCUT2D eigenvalue weighted by atomic mass is 16.5. The van der Waals surface area contributed by atoms with Gasteiger partial charge in [0.15, 0.2) is 0 Å². The molecule has 4 nitrogen and oxygen atoms in total. The van der Waals surface area contributed by atoms with Crippen molar-refractivity contribution in [2.45, 2.75) is 25.7 Å². The van der Waals surface area contributed by atoms with Gasteiger partial charge in [0.2, 0.25) is 5.88 Å². The fourth-order valence-corrected chi connectivity index (χ4v) is 2.19. The van der Waals surface area contributed by atoms with Crippen LogP contribution in [0.5, 0.6) is 5.88 Å². The molecule has 0 bridgehead atoms. The highest BCUT2D eigenvalue weighted by Crippen LogP contribution is 2.28. The standard InChI is InChI=1S/C16H19N3O/c1-4-11-7-12-5-6-13(16(2,9-17)10-18)8-14(12)19-15(11)20-3/h5-8H,4,9,17H2,1-3H3. The van der Waals surface area contributed by atoms with Gasteiger partial charge in [-0.2, -0.15) is 5.26 Å². The Bertz CT molecular complexity index is 675. The van der Waals surface area contributed by atoms with Crippen LogP contribution < -0.4 is 10.5 Å². The molecule has 2 aromatic rings. The molecule has 0 aliphatic rings. The quantitative estimate of drug-likeness (QED) is 0.925. The van der Waals surface area contributed by atoms with Crippen LogP contribution in [0.2, 0.25) is 0 Å². The van der Waals surface area contributed by atoms with E-state index in [9.17, 15) is 5.26 Å². The summed E-state index contributed by atoms with van der Waals surface area (Å²) in [6.45, 7) is 4.19. The van der Waals surface area contributed by atoms with Crippen LogP contribution in [0, 0.1) is 11.3 Å². The number of methoxy groups -OCH3 is 1.